The Labute approximate surface area is 128 Å². The summed E-state index contributed by atoms with van der Waals surface area (Å²) in [4.78, 5) is 12.3. The summed E-state index contributed by atoms with van der Waals surface area (Å²) in [5.41, 5.74) is 2.96. The van der Waals surface area contributed by atoms with Gasteiger partial charge in [0.2, 0.25) is 0 Å². The first kappa shape index (κ1) is 14.0. The number of amides is 1. The third-order valence-corrected chi connectivity index (χ3v) is 4.19. The van der Waals surface area contributed by atoms with E-state index in [1.54, 1.807) is 6.07 Å². The second kappa shape index (κ2) is 5.78. The molecule has 0 unspecified atom stereocenters. The van der Waals surface area contributed by atoms with Gasteiger partial charge in [-0.3, -0.25) is 4.79 Å². The molecule has 0 bridgehead atoms. The fourth-order valence-electron chi connectivity index (χ4n) is 2.79. The lowest BCUT2D eigenvalue weighted by molar-refractivity contribution is 0.0933. The van der Waals surface area contributed by atoms with Crippen molar-refractivity contribution >= 4 is 17.5 Å². The molecule has 0 radical (unpaired) electrons. The summed E-state index contributed by atoms with van der Waals surface area (Å²) in [7, 11) is 0. The van der Waals surface area contributed by atoms with Gasteiger partial charge >= 0.3 is 0 Å². The highest BCUT2D eigenvalue weighted by Crippen LogP contribution is 2.30. The number of phenols is 1. The maximum Gasteiger partial charge on any atom is 0.251 e. The minimum absolute atomic E-state index is 0.0174. The number of fused-ring (bicyclic) bond motifs is 1. The molecule has 2 aromatic carbocycles. The summed E-state index contributed by atoms with van der Waals surface area (Å²) < 4.78 is 0. The number of halogens is 1. The number of carbonyl (C=O) groups is 1. The van der Waals surface area contributed by atoms with E-state index in [0.717, 1.165) is 19.3 Å². The Balaban J connectivity index is 1.81. The smallest absolute Gasteiger partial charge is 0.251 e. The first-order chi connectivity index (χ1) is 10.1. The molecule has 0 heterocycles. The molecular formula is C17H16ClNO2. The van der Waals surface area contributed by atoms with Gasteiger partial charge in [0.1, 0.15) is 5.75 Å². The summed E-state index contributed by atoms with van der Waals surface area (Å²) in [5, 5.41) is 12.7. The molecule has 21 heavy (non-hydrogen) atoms. The van der Waals surface area contributed by atoms with E-state index in [-0.39, 0.29) is 22.7 Å². The zero-order valence-corrected chi connectivity index (χ0v) is 12.2. The lowest BCUT2D eigenvalue weighted by atomic mass is 9.87. The Hall–Kier alpha value is -2.00. The number of carbonyl (C=O) groups excluding carboxylic acids is 1. The molecule has 3 nitrogen and oxygen atoms in total. The zero-order valence-electron chi connectivity index (χ0n) is 11.5. The van der Waals surface area contributed by atoms with Crippen LogP contribution in [0.25, 0.3) is 0 Å². The molecule has 4 heteroatoms. The number of rotatable bonds is 2. The van der Waals surface area contributed by atoms with Gasteiger partial charge in [0.05, 0.1) is 11.1 Å². The van der Waals surface area contributed by atoms with E-state index >= 15 is 0 Å². The first-order valence-corrected chi connectivity index (χ1v) is 7.40. The largest absolute Gasteiger partial charge is 0.506 e. The van der Waals surface area contributed by atoms with Crippen molar-refractivity contribution in [3.05, 3.63) is 64.2 Å². The van der Waals surface area contributed by atoms with E-state index in [4.69, 9.17) is 11.6 Å². The third-order valence-electron chi connectivity index (χ3n) is 3.88. The van der Waals surface area contributed by atoms with Crippen LogP contribution in [0.3, 0.4) is 0 Å². The normalized spacial score (nSPS) is 17.1. The molecule has 1 atom stereocenters. The van der Waals surface area contributed by atoms with E-state index < -0.39 is 0 Å². The molecule has 1 aliphatic carbocycles. The zero-order chi connectivity index (χ0) is 14.8. The molecule has 1 aliphatic rings. The molecule has 0 aliphatic heterocycles. The molecule has 1 amide bonds. The SMILES string of the molecule is O=C(N[C@@H]1CCCc2ccccc21)c1ccc(O)c(Cl)c1. The van der Waals surface area contributed by atoms with Gasteiger partial charge in [-0.15, -0.1) is 0 Å². The molecule has 2 aromatic rings. The van der Waals surface area contributed by atoms with Gasteiger partial charge in [-0.25, -0.2) is 0 Å². The standard InChI is InChI=1S/C17H16ClNO2/c18-14-10-12(8-9-16(14)20)17(21)19-15-7-3-5-11-4-1-2-6-13(11)15/h1-2,4,6,8-10,15,20H,3,5,7H2,(H,19,21)/t15-/m1/s1. The Morgan fingerprint density at radius 1 is 1.24 bits per heavy atom. The lowest BCUT2D eigenvalue weighted by Gasteiger charge is -2.26. The van der Waals surface area contributed by atoms with Crippen LogP contribution in [0.5, 0.6) is 5.75 Å². The van der Waals surface area contributed by atoms with Crippen molar-refractivity contribution in [1.29, 1.82) is 0 Å². The van der Waals surface area contributed by atoms with E-state index in [0.29, 0.717) is 5.56 Å². The first-order valence-electron chi connectivity index (χ1n) is 7.02. The van der Waals surface area contributed by atoms with Crippen molar-refractivity contribution in [2.24, 2.45) is 0 Å². The molecule has 0 saturated carbocycles. The summed E-state index contributed by atoms with van der Waals surface area (Å²) in [6, 6.07) is 12.8. The van der Waals surface area contributed by atoms with Crippen molar-refractivity contribution < 1.29 is 9.90 Å². The van der Waals surface area contributed by atoms with Crippen LogP contribution in [0.2, 0.25) is 5.02 Å². The van der Waals surface area contributed by atoms with Crippen LogP contribution in [0.4, 0.5) is 0 Å². The summed E-state index contributed by atoms with van der Waals surface area (Å²) in [6.45, 7) is 0. The van der Waals surface area contributed by atoms with Crippen molar-refractivity contribution in [2.45, 2.75) is 25.3 Å². The Morgan fingerprint density at radius 2 is 2.05 bits per heavy atom. The van der Waals surface area contributed by atoms with E-state index in [1.165, 1.54) is 23.3 Å². The number of nitrogens with one attached hydrogen (secondary N) is 1. The molecule has 0 fully saturated rings. The monoisotopic (exact) mass is 301 g/mol. The second-order valence-corrected chi connectivity index (χ2v) is 5.69. The Kier molecular flexibility index (Phi) is 3.84. The van der Waals surface area contributed by atoms with Crippen LogP contribution in [-0.2, 0) is 6.42 Å². The number of hydrogen-bond acceptors (Lipinski definition) is 2. The van der Waals surface area contributed by atoms with Gasteiger partial charge < -0.3 is 10.4 Å². The van der Waals surface area contributed by atoms with Crippen LogP contribution in [-0.4, -0.2) is 11.0 Å². The number of aryl methyl sites for hydroxylation is 1. The molecule has 2 N–H and O–H groups in total. The second-order valence-electron chi connectivity index (χ2n) is 5.28. The van der Waals surface area contributed by atoms with Crippen LogP contribution in [0.15, 0.2) is 42.5 Å². The van der Waals surface area contributed by atoms with Crippen LogP contribution in [0, 0.1) is 0 Å². The summed E-state index contributed by atoms with van der Waals surface area (Å²) in [5.74, 6) is -0.185. The van der Waals surface area contributed by atoms with Crippen LogP contribution in [0.1, 0.15) is 40.4 Å². The maximum atomic E-state index is 12.3. The highest BCUT2D eigenvalue weighted by atomic mass is 35.5. The predicted molar refractivity (Wildman–Crippen MR) is 82.7 cm³/mol. The van der Waals surface area contributed by atoms with Crippen molar-refractivity contribution in [2.75, 3.05) is 0 Å². The average Bonchev–Trinajstić information content (AvgIpc) is 2.50. The summed E-state index contributed by atoms with van der Waals surface area (Å²) in [6.07, 6.45) is 3.07. The number of hydrogen-bond donors (Lipinski definition) is 2. The minimum atomic E-state index is -0.168. The lowest BCUT2D eigenvalue weighted by Crippen LogP contribution is -2.30. The van der Waals surface area contributed by atoms with Crippen LogP contribution < -0.4 is 5.32 Å². The average molecular weight is 302 g/mol. The van der Waals surface area contributed by atoms with Gasteiger partial charge in [0.15, 0.2) is 0 Å². The van der Waals surface area contributed by atoms with Crippen molar-refractivity contribution in [3.63, 3.8) is 0 Å². The highest BCUT2D eigenvalue weighted by Gasteiger charge is 2.22. The van der Waals surface area contributed by atoms with Gasteiger partial charge in [-0.1, -0.05) is 35.9 Å². The van der Waals surface area contributed by atoms with Gasteiger partial charge in [0, 0.05) is 5.56 Å². The predicted octanol–water partition coefficient (Wildman–Crippen LogP) is 3.85. The molecule has 108 valence electrons. The Bertz CT molecular complexity index is 684. The number of benzene rings is 2. The fourth-order valence-corrected chi connectivity index (χ4v) is 2.97. The topological polar surface area (TPSA) is 49.3 Å². The van der Waals surface area contributed by atoms with Crippen molar-refractivity contribution in [3.8, 4) is 5.75 Å². The molecule has 0 saturated heterocycles. The van der Waals surface area contributed by atoms with Crippen molar-refractivity contribution in [1.82, 2.24) is 5.32 Å². The Morgan fingerprint density at radius 3 is 2.86 bits per heavy atom. The van der Waals surface area contributed by atoms with Gasteiger partial charge in [-0.05, 0) is 48.6 Å². The van der Waals surface area contributed by atoms with E-state index in [2.05, 4.69) is 17.4 Å². The minimum Gasteiger partial charge on any atom is -0.506 e. The van der Waals surface area contributed by atoms with Crippen LogP contribution >= 0.6 is 11.6 Å². The highest BCUT2D eigenvalue weighted by molar-refractivity contribution is 6.32. The van der Waals surface area contributed by atoms with E-state index in [9.17, 15) is 9.90 Å². The third kappa shape index (κ3) is 2.88. The maximum absolute atomic E-state index is 12.3. The van der Waals surface area contributed by atoms with Gasteiger partial charge in [0.25, 0.3) is 5.91 Å². The molecule has 3 rings (SSSR count). The molecular weight excluding hydrogens is 286 g/mol. The van der Waals surface area contributed by atoms with Gasteiger partial charge in [-0.2, -0.15) is 0 Å². The number of aromatic hydroxyl groups is 1. The molecule has 0 aromatic heterocycles. The quantitative estimate of drug-likeness (QED) is 0.885. The van der Waals surface area contributed by atoms with E-state index in [1.807, 2.05) is 12.1 Å². The fraction of sp³-hybridized carbons (Fsp3) is 0.235. The summed E-state index contributed by atoms with van der Waals surface area (Å²) >= 11 is 5.85. The number of phenolic OH excluding ortho intramolecular Hbond substituents is 1. The molecule has 0 spiro atoms.